The van der Waals surface area contributed by atoms with E-state index < -0.39 is 12.0 Å². The largest absolute Gasteiger partial charge is 0.462 e. The molecule has 13 heteroatoms. The number of aromatic nitrogens is 4. The zero-order chi connectivity index (χ0) is 32.0. The number of H-pyrrole nitrogens is 1. The Morgan fingerprint density at radius 1 is 1.20 bits per heavy atom. The molecule has 0 radical (unpaired) electrons. The maximum absolute atomic E-state index is 16.9. The van der Waals surface area contributed by atoms with Crippen molar-refractivity contribution in [1.82, 2.24) is 30.0 Å². The van der Waals surface area contributed by atoms with Crippen LogP contribution in [0, 0.1) is 12.7 Å². The molecule has 2 atom stereocenters. The van der Waals surface area contributed by atoms with Crippen LogP contribution in [0.25, 0.3) is 32.9 Å². The second-order valence-electron chi connectivity index (χ2n) is 12.0. The molecule has 4 heterocycles. The van der Waals surface area contributed by atoms with Crippen molar-refractivity contribution in [1.29, 1.82) is 0 Å². The molecule has 2 saturated heterocycles. The number of nitrogens with two attached hydrogens (primary N) is 1. The SMILES string of the molecule is C=CC(=O)N1C[C@H](C)N(c2nc(OCCN3CCC(F)CC3)nc3c(F)c(-c4c(C)ccc5[nH]nc(N)c45)c(Cl)cc23)C[C@H]1C. The number of hydrogen-bond donors (Lipinski definition) is 2. The molecular weight excluding hydrogens is 602 g/mol. The predicted octanol–water partition coefficient (Wildman–Crippen LogP) is 5.28. The van der Waals surface area contributed by atoms with E-state index in [4.69, 9.17) is 27.1 Å². The van der Waals surface area contributed by atoms with E-state index in [1.54, 1.807) is 11.0 Å². The van der Waals surface area contributed by atoms with Crippen LogP contribution in [0.15, 0.2) is 30.9 Å². The van der Waals surface area contributed by atoms with Gasteiger partial charge in [0.25, 0.3) is 0 Å². The molecule has 2 fully saturated rings. The summed E-state index contributed by atoms with van der Waals surface area (Å²) in [7, 11) is 0. The van der Waals surface area contributed by atoms with Crippen LogP contribution in [-0.4, -0.2) is 93.5 Å². The van der Waals surface area contributed by atoms with Gasteiger partial charge in [0.2, 0.25) is 5.91 Å². The van der Waals surface area contributed by atoms with Crippen molar-refractivity contribution in [3.8, 4) is 17.1 Å². The number of alkyl halides is 1. The van der Waals surface area contributed by atoms with Crippen LogP contribution < -0.4 is 15.4 Å². The highest BCUT2D eigenvalue weighted by Gasteiger charge is 2.34. The fraction of sp³-hybridized carbons (Fsp3) is 0.438. The lowest BCUT2D eigenvalue weighted by molar-refractivity contribution is -0.128. The zero-order valence-corrected chi connectivity index (χ0v) is 26.4. The summed E-state index contributed by atoms with van der Waals surface area (Å²) < 4.78 is 36.6. The Bertz CT molecular complexity index is 1770. The number of aryl methyl sites for hydroxylation is 1. The number of likely N-dealkylation sites (tertiary alicyclic amines) is 1. The van der Waals surface area contributed by atoms with E-state index in [0.29, 0.717) is 73.2 Å². The number of piperazine rings is 1. The summed E-state index contributed by atoms with van der Waals surface area (Å²) in [5, 5.41) is 8.18. The van der Waals surface area contributed by atoms with Gasteiger partial charge in [0.1, 0.15) is 24.1 Å². The number of anilines is 2. The Balaban J connectivity index is 1.45. The topological polar surface area (TPSA) is 116 Å². The van der Waals surface area contributed by atoms with Gasteiger partial charge in [0.05, 0.1) is 15.9 Å². The van der Waals surface area contributed by atoms with E-state index in [1.165, 1.54) is 6.08 Å². The molecule has 0 spiro atoms. The number of aromatic amines is 1. The molecule has 6 rings (SSSR count). The van der Waals surface area contributed by atoms with Gasteiger partial charge in [-0.05, 0) is 57.4 Å². The average Bonchev–Trinajstić information content (AvgIpc) is 3.40. The number of nitrogen functional groups attached to an aromatic ring is 1. The number of nitrogens with one attached hydrogen (secondary N) is 1. The standard InChI is InChI=1S/C32H37ClF2N8O2/c1-5-24(44)42-15-19(4)43(16-18(42)3)31-21-14-22(33)26(25-17(2)6-7-23-27(25)30(36)40-39-23)28(35)29(21)37-32(38-31)45-13-12-41-10-8-20(34)9-11-41/h5-7,14,18-20H,1,8-13,15-16H2,2-4H3,(H3,36,39,40)/t18-,19+/m1/s1. The first-order valence-electron chi connectivity index (χ1n) is 15.2. The minimum Gasteiger partial charge on any atom is -0.462 e. The lowest BCUT2D eigenvalue weighted by Crippen LogP contribution is -2.58. The number of nitrogens with zero attached hydrogens (tertiary/aromatic N) is 6. The molecule has 0 aliphatic carbocycles. The van der Waals surface area contributed by atoms with Gasteiger partial charge in [-0.25, -0.2) is 8.78 Å². The highest BCUT2D eigenvalue weighted by Crippen LogP contribution is 2.44. The minimum absolute atomic E-state index is 0.0206. The first kappa shape index (κ1) is 31.0. The zero-order valence-electron chi connectivity index (χ0n) is 25.6. The first-order chi connectivity index (χ1) is 21.6. The van der Waals surface area contributed by atoms with Gasteiger partial charge in [0, 0.05) is 61.3 Å². The molecule has 2 aromatic carbocycles. The van der Waals surface area contributed by atoms with E-state index in [1.807, 2.05) is 37.8 Å². The number of rotatable bonds is 7. The summed E-state index contributed by atoms with van der Waals surface area (Å²) in [4.78, 5) is 27.8. The molecule has 0 unspecified atom stereocenters. The van der Waals surface area contributed by atoms with Crippen LogP contribution in [-0.2, 0) is 4.79 Å². The van der Waals surface area contributed by atoms with Crippen molar-refractivity contribution >= 4 is 50.9 Å². The number of fused-ring (bicyclic) bond motifs is 2. The van der Waals surface area contributed by atoms with Crippen molar-refractivity contribution in [2.45, 2.75) is 51.9 Å². The summed E-state index contributed by atoms with van der Waals surface area (Å²) in [6, 6.07) is 5.07. The van der Waals surface area contributed by atoms with E-state index in [9.17, 15) is 9.18 Å². The Kier molecular flexibility index (Phi) is 8.53. The second kappa shape index (κ2) is 12.4. The number of benzene rings is 2. The molecule has 3 N–H and O–H groups in total. The molecule has 2 aromatic heterocycles. The third-order valence-corrected chi connectivity index (χ3v) is 9.23. The lowest BCUT2D eigenvalue weighted by Gasteiger charge is -2.44. The number of carbonyl (C=O) groups excluding carboxylic acids is 1. The smallest absolute Gasteiger partial charge is 0.319 e. The van der Waals surface area contributed by atoms with Gasteiger partial charge < -0.3 is 20.3 Å². The molecule has 0 saturated carbocycles. The van der Waals surface area contributed by atoms with Crippen LogP contribution in [0.4, 0.5) is 20.4 Å². The molecule has 2 aliphatic heterocycles. The van der Waals surface area contributed by atoms with Gasteiger partial charge in [-0.3, -0.25) is 14.8 Å². The highest BCUT2D eigenvalue weighted by molar-refractivity contribution is 6.35. The van der Waals surface area contributed by atoms with Crippen molar-refractivity contribution in [2.75, 3.05) is 50.0 Å². The molecule has 238 valence electrons. The Morgan fingerprint density at radius 2 is 1.96 bits per heavy atom. The van der Waals surface area contributed by atoms with E-state index in [0.717, 1.165) is 5.56 Å². The average molecular weight is 639 g/mol. The second-order valence-corrected chi connectivity index (χ2v) is 12.4. The normalized spacial score (nSPS) is 19.9. The van der Waals surface area contributed by atoms with Crippen molar-refractivity contribution < 1.29 is 18.3 Å². The van der Waals surface area contributed by atoms with Crippen molar-refractivity contribution in [3.63, 3.8) is 0 Å². The van der Waals surface area contributed by atoms with Gasteiger partial charge in [-0.2, -0.15) is 15.1 Å². The summed E-state index contributed by atoms with van der Waals surface area (Å²) in [5.41, 5.74) is 8.38. The summed E-state index contributed by atoms with van der Waals surface area (Å²) >= 11 is 6.90. The summed E-state index contributed by atoms with van der Waals surface area (Å²) in [5.74, 6) is -0.0841. The van der Waals surface area contributed by atoms with Crippen LogP contribution in [0.3, 0.4) is 0 Å². The van der Waals surface area contributed by atoms with Gasteiger partial charge in [-0.1, -0.05) is 24.2 Å². The summed E-state index contributed by atoms with van der Waals surface area (Å²) in [6.45, 7) is 12.4. The van der Waals surface area contributed by atoms with Crippen LogP contribution in [0.5, 0.6) is 6.01 Å². The third-order valence-electron chi connectivity index (χ3n) is 8.93. The quantitative estimate of drug-likeness (QED) is 0.263. The van der Waals surface area contributed by atoms with Gasteiger partial charge in [0.15, 0.2) is 11.6 Å². The molecule has 0 bridgehead atoms. The number of carbonyl (C=O) groups is 1. The molecule has 10 nitrogen and oxygen atoms in total. The number of ether oxygens (including phenoxy) is 1. The molecule has 2 aliphatic rings. The third kappa shape index (κ3) is 5.77. The number of halogens is 3. The van der Waals surface area contributed by atoms with Crippen LogP contribution in [0.1, 0.15) is 32.3 Å². The fourth-order valence-corrected chi connectivity index (χ4v) is 6.76. The monoisotopic (exact) mass is 638 g/mol. The van der Waals surface area contributed by atoms with Gasteiger partial charge in [-0.15, -0.1) is 0 Å². The van der Waals surface area contributed by atoms with Crippen molar-refractivity contribution in [2.24, 2.45) is 0 Å². The van der Waals surface area contributed by atoms with Crippen LogP contribution in [0.2, 0.25) is 5.02 Å². The summed E-state index contributed by atoms with van der Waals surface area (Å²) in [6.07, 6.45) is 1.54. The van der Waals surface area contributed by atoms with E-state index in [2.05, 4.69) is 26.7 Å². The van der Waals surface area contributed by atoms with E-state index in [-0.39, 0.29) is 52.5 Å². The molecule has 4 aromatic rings. The molecular formula is C32H37ClF2N8O2. The lowest BCUT2D eigenvalue weighted by atomic mass is 9.94. The Morgan fingerprint density at radius 3 is 2.69 bits per heavy atom. The van der Waals surface area contributed by atoms with Gasteiger partial charge >= 0.3 is 6.01 Å². The maximum Gasteiger partial charge on any atom is 0.319 e. The molecule has 45 heavy (non-hydrogen) atoms. The fourth-order valence-electron chi connectivity index (χ4n) is 6.47. The number of hydrogen-bond acceptors (Lipinski definition) is 8. The predicted molar refractivity (Wildman–Crippen MR) is 173 cm³/mol. The Labute approximate surface area is 265 Å². The maximum atomic E-state index is 16.9. The number of amides is 1. The highest BCUT2D eigenvalue weighted by atomic mass is 35.5. The first-order valence-corrected chi connectivity index (χ1v) is 15.6. The molecule has 1 amide bonds. The minimum atomic E-state index is -0.768. The van der Waals surface area contributed by atoms with E-state index >= 15 is 4.39 Å². The number of piperidine rings is 1. The van der Waals surface area contributed by atoms with Crippen LogP contribution >= 0.6 is 11.6 Å². The Hall–Kier alpha value is -4.03. The van der Waals surface area contributed by atoms with Crippen molar-refractivity contribution in [3.05, 3.63) is 47.3 Å².